The molecule has 6 unspecified atom stereocenters. The molecular formula is C15H25NO4. The summed E-state index contributed by atoms with van der Waals surface area (Å²) in [5.74, 6) is 0.126. The van der Waals surface area contributed by atoms with Gasteiger partial charge in [-0.15, -0.1) is 0 Å². The molecule has 2 N–H and O–H groups in total. The molecule has 0 radical (unpaired) electrons. The van der Waals surface area contributed by atoms with Crippen molar-refractivity contribution >= 4 is 5.91 Å². The van der Waals surface area contributed by atoms with Crippen LogP contribution < -0.4 is 5.32 Å². The average Bonchev–Trinajstić information content (AvgIpc) is 3.30. The molecule has 114 valence electrons. The maximum absolute atomic E-state index is 12.0. The van der Waals surface area contributed by atoms with Gasteiger partial charge in [-0.2, -0.15) is 0 Å². The lowest BCUT2D eigenvalue weighted by Gasteiger charge is -2.22. The van der Waals surface area contributed by atoms with Gasteiger partial charge >= 0.3 is 0 Å². The van der Waals surface area contributed by atoms with E-state index >= 15 is 0 Å². The van der Waals surface area contributed by atoms with Crippen LogP contribution in [0.15, 0.2) is 0 Å². The van der Waals surface area contributed by atoms with Crippen molar-refractivity contribution < 1.29 is 19.4 Å². The van der Waals surface area contributed by atoms with Gasteiger partial charge in [-0.3, -0.25) is 4.79 Å². The smallest absolute Gasteiger partial charge is 0.246 e. The molecule has 20 heavy (non-hydrogen) atoms. The number of nitrogens with one attached hydrogen (secondary N) is 1. The monoisotopic (exact) mass is 283 g/mol. The Balaban J connectivity index is 1.41. The second kappa shape index (κ2) is 5.28. The summed E-state index contributed by atoms with van der Waals surface area (Å²) in [5.41, 5.74) is -0.203. The van der Waals surface area contributed by atoms with Gasteiger partial charge in [-0.1, -0.05) is 6.92 Å². The molecule has 0 bridgehead atoms. The van der Waals surface area contributed by atoms with E-state index in [1.807, 2.05) is 0 Å². The number of carbonyl (C=O) groups is 1. The molecule has 5 nitrogen and oxygen atoms in total. The summed E-state index contributed by atoms with van der Waals surface area (Å²) in [4.78, 5) is 12.0. The van der Waals surface area contributed by atoms with Gasteiger partial charge in [-0.05, 0) is 32.6 Å². The van der Waals surface area contributed by atoms with Gasteiger partial charge in [0.2, 0.25) is 5.91 Å². The molecule has 3 aliphatic rings. The van der Waals surface area contributed by atoms with Crippen molar-refractivity contribution in [1.29, 1.82) is 0 Å². The molecule has 1 saturated heterocycles. The van der Waals surface area contributed by atoms with Gasteiger partial charge in [0.1, 0.15) is 6.61 Å². The highest BCUT2D eigenvalue weighted by atomic mass is 16.6. The molecule has 3 rings (SSSR count). The highest BCUT2D eigenvalue weighted by Crippen LogP contribution is 2.48. The van der Waals surface area contributed by atoms with Gasteiger partial charge in [0.15, 0.2) is 0 Å². The van der Waals surface area contributed by atoms with Crippen LogP contribution in [-0.2, 0) is 14.3 Å². The second-order valence-corrected chi connectivity index (χ2v) is 6.57. The van der Waals surface area contributed by atoms with Gasteiger partial charge in [-0.25, -0.2) is 0 Å². The van der Waals surface area contributed by atoms with Crippen LogP contribution in [0.2, 0.25) is 0 Å². The normalized spacial score (nSPS) is 43.5. The number of aliphatic hydroxyl groups is 1. The van der Waals surface area contributed by atoms with Crippen LogP contribution in [0, 0.1) is 5.92 Å². The summed E-state index contributed by atoms with van der Waals surface area (Å²) in [6.45, 7) is 3.96. The van der Waals surface area contributed by atoms with Gasteiger partial charge in [0.25, 0.3) is 0 Å². The van der Waals surface area contributed by atoms with Crippen LogP contribution in [0.4, 0.5) is 0 Å². The van der Waals surface area contributed by atoms with Gasteiger partial charge in [0, 0.05) is 17.9 Å². The number of carbonyl (C=O) groups excluding carboxylic acids is 1. The van der Waals surface area contributed by atoms with E-state index in [0.29, 0.717) is 12.2 Å². The zero-order chi connectivity index (χ0) is 14.3. The van der Waals surface area contributed by atoms with E-state index < -0.39 is 0 Å². The Kier molecular flexibility index (Phi) is 3.77. The standard InChI is InChI=1S/C15H25NO4/c1-3-15(7-11(15)9(2)17)16-14(18)8-19-10-4-5-12-13(6-10)20-12/h9-13,17H,3-8H2,1-2H3,(H,16,18). The number of amides is 1. The Morgan fingerprint density at radius 2 is 2.30 bits per heavy atom. The molecule has 0 aromatic heterocycles. The number of ether oxygens (including phenoxy) is 2. The molecule has 1 amide bonds. The summed E-state index contributed by atoms with van der Waals surface area (Å²) in [6, 6.07) is 0. The zero-order valence-corrected chi connectivity index (χ0v) is 12.3. The topological polar surface area (TPSA) is 71.1 Å². The van der Waals surface area contributed by atoms with E-state index in [1.165, 1.54) is 0 Å². The van der Waals surface area contributed by atoms with E-state index in [2.05, 4.69) is 12.2 Å². The minimum absolute atomic E-state index is 0.0613. The molecule has 1 aliphatic heterocycles. The largest absolute Gasteiger partial charge is 0.393 e. The first-order valence-corrected chi connectivity index (χ1v) is 7.80. The third-order valence-electron chi connectivity index (χ3n) is 5.14. The maximum atomic E-state index is 12.0. The molecule has 0 spiro atoms. The van der Waals surface area contributed by atoms with Gasteiger partial charge < -0.3 is 19.9 Å². The molecule has 2 saturated carbocycles. The molecule has 2 aliphatic carbocycles. The van der Waals surface area contributed by atoms with Crippen LogP contribution >= 0.6 is 0 Å². The molecule has 0 aromatic rings. The summed E-state index contributed by atoms with van der Waals surface area (Å²) < 4.78 is 11.2. The van der Waals surface area contributed by atoms with Crippen molar-refractivity contribution in [1.82, 2.24) is 5.32 Å². The Bertz CT molecular complexity index is 386. The van der Waals surface area contributed by atoms with E-state index in [0.717, 1.165) is 32.1 Å². The van der Waals surface area contributed by atoms with Crippen LogP contribution in [-0.4, -0.2) is 47.6 Å². The Labute approximate surface area is 120 Å². The van der Waals surface area contributed by atoms with Crippen molar-refractivity contribution in [3.63, 3.8) is 0 Å². The minimum Gasteiger partial charge on any atom is -0.393 e. The van der Waals surface area contributed by atoms with Crippen molar-refractivity contribution in [3.8, 4) is 0 Å². The van der Waals surface area contributed by atoms with Crippen LogP contribution in [0.25, 0.3) is 0 Å². The van der Waals surface area contributed by atoms with Crippen LogP contribution in [0.1, 0.15) is 46.0 Å². The number of fused-ring (bicyclic) bond motifs is 1. The Morgan fingerprint density at radius 1 is 1.50 bits per heavy atom. The van der Waals surface area contributed by atoms with Crippen molar-refractivity contribution in [2.75, 3.05) is 6.61 Å². The predicted molar refractivity (Wildman–Crippen MR) is 73.2 cm³/mol. The van der Waals surface area contributed by atoms with Gasteiger partial charge in [0.05, 0.1) is 24.4 Å². The van der Waals surface area contributed by atoms with Crippen LogP contribution in [0.5, 0.6) is 0 Å². The minimum atomic E-state index is -0.363. The predicted octanol–water partition coefficient (Wildman–Crippen LogP) is 0.989. The lowest BCUT2D eigenvalue weighted by atomic mass is 9.98. The fraction of sp³-hybridized carbons (Fsp3) is 0.933. The maximum Gasteiger partial charge on any atom is 0.246 e. The fourth-order valence-corrected chi connectivity index (χ4v) is 3.63. The number of epoxide rings is 1. The SMILES string of the molecule is CCC1(NC(=O)COC2CCC3OC3C2)CC1C(C)O. The molecule has 5 heteroatoms. The quantitative estimate of drug-likeness (QED) is 0.713. The van der Waals surface area contributed by atoms with E-state index in [-0.39, 0.29) is 36.2 Å². The van der Waals surface area contributed by atoms with Crippen molar-refractivity contribution in [2.45, 2.75) is 75.9 Å². The van der Waals surface area contributed by atoms with Crippen LogP contribution in [0.3, 0.4) is 0 Å². The summed E-state index contributed by atoms with van der Waals surface area (Å²) >= 11 is 0. The molecule has 3 fully saturated rings. The Morgan fingerprint density at radius 3 is 2.90 bits per heavy atom. The first kappa shape index (κ1) is 14.3. The second-order valence-electron chi connectivity index (χ2n) is 6.57. The third kappa shape index (κ3) is 2.85. The first-order chi connectivity index (χ1) is 9.54. The van der Waals surface area contributed by atoms with Crippen molar-refractivity contribution in [3.05, 3.63) is 0 Å². The van der Waals surface area contributed by atoms with E-state index in [4.69, 9.17) is 9.47 Å². The third-order valence-corrected chi connectivity index (χ3v) is 5.14. The summed E-state index contributed by atoms with van der Waals surface area (Å²) in [7, 11) is 0. The number of rotatable bonds is 6. The highest BCUT2D eigenvalue weighted by molar-refractivity contribution is 5.78. The Hall–Kier alpha value is -0.650. The fourth-order valence-electron chi connectivity index (χ4n) is 3.63. The lowest BCUT2D eigenvalue weighted by molar-refractivity contribution is -0.129. The molecular weight excluding hydrogens is 258 g/mol. The highest BCUT2D eigenvalue weighted by Gasteiger charge is 2.55. The average molecular weight is 283 g/mol. The van der Waals surface area contributed by atoms with E-state index in [9.17, 15) is 9.90 Å². The molecule has 6 atom stereocenters. The van der Waals surface area contributed by atoms with Crippen molar-refractivity contribution in [2.24, 2.45) is 5.92 Å². The first-order valence-electron chi connectivity index (χ1n) is 7.80. The summed E-state index contributed by atoms with van der Waals surface area (Å²) in [5, 5.41) is 12.7. The van der Waals surface area contributed by atoms with E-state index in [1.54, 1.807) is 6.92 Å². The summed E-state index contributed by atoms with van der Waals surface area (Å²) in [6.07, 6.45) is 5.33. The number of hydrogen-bond donors (Lipinski definition) is 2. The lowest BCUT2D eigenvalue weighted by Crippen LogP contribution is -2.42. The molecule has 1 heterocycles. The number of hydrogen-bond acceptors (Lipinski definition) is 4. The number of aliphatic hydroxyl groups excluding tert-OH is 1. The molecule has 0 aromatic carbocycles. The zero-order valence-electron chi connectivity index (χ0n) is 12.3.